The molecule has 1 fully saturated rings. The number of nitrogens with zero attached hydrogens (tertiary/aromatic N) is 3. The molecule has 4 rings (SSSR count). The van der Waals surface area contributed by atoms with Crippen LogP contribution < -0.4 is 10.6 Å². The molecule has 3 N–H and O–H groups in total. The average Bonchev–Trinajstić information content (AvgIpc) is 3.17. The molecule has 9 heteroatoms. The molecule has 3 aromatic rings. The number of pyridine rings is 1. The van der Waals surface area contributed by atoms with Crippen LogP contribution in [-0.2, 0) is 0 Å². The summed E-state index contributed by atoms with van der Waals surface area (Å²) in [6.07, 6.45) is 4.40. The van der Waals surface area contributed by atoms with Crippen molar-refractivity contribution < 1.29 is 18.7 Å². The number of β-amino-alcohol motifs (C(OH)–C–C–N with tert-alkyl or cyclic N) is 1. The van der Waals surface area contributed by atoms with Crippen molar-refractivity contribution in [3.8, 4) is 0 Å². The van der Waals surface area contributed by atoms with E-state index in [1.807, 2.05) is 6.92 Å². The van der Waals surface area contributed by atoms with Crippen molar-refractivity contribution in [1.29, 1.82) is 0 Å². The molecule has 1 atom stereocenters. The molecule has 2 aromatic heterocycles. The molecule has 7 nitrogen and oxygen atoms in total. The fourth-order valence-electron chi connectivity index (χ4n) is 3.63. The highest BCUT2D eigenvalue weighted by Gasteiger charge is 2.47. The number of rotatable bonds is 5. The molecule has 1 saturated heterocycles. The molecule has 30 heavy (non-hydrogen) atoms. The number of aryl methyl sites for hydroxylation is 1. The van der Waals surface area contributed by atoms with E-state index in [-0.39, 0.29) is 41.7 Å². The predicted molar refractivity (Wildman–Crippen MR) is 109 cm³/mol. The van der Waals surface area contributed by atoms with E-state index in [1.54, 1.807) is 20.0 Å². The Morgan fingerprint density at radius 3 is 2.73 bits per heavy atom. The molecular weight excluding hydrogens is 392 g/mol. The third kappa shape index (κ3) is 3.29. The normalized spacial score (nSPS) is 16.4. The summed E-state index contributed by atoms with van der Waals surface area (Å²) < 4.78 is 31.0. The Hall–Kier alpha value is -3.04. The molecule has 3 heterocycles. The van der Waals surface area contributed by atoms with Crippen LogP contribution >= 0.6 is 0 Å². The van der Waals surface area contributed by atoms with Crippen LogP contribution in [0.4, 0.5) is 20.2 Å². The maximum absolute atomic E-state index is 15.2. The van der Waals surface area contributed by atoms with E-state index < -0.39 is 23.1 Å². The van der Waals surface area contributed by atoms with Gasteiger partial charge in [-0.2, -0.15) is 0 Å². The minimum absolute atomic E-state index is 0.0190. The number of fused-ring (bicyclic) bond motifs is 1. The number of aliphatic hydroxyl groups is 1. The van der Waals surface area contributed by atoms with Gasteiger partial charge in [-0.05, 0) is 38.6 Å². The van der Waals surface area contributed by atoms with E-state index >= 15 is 4.39 Å². The molecule has 0 saturated carbocycles. The van der Waals surface area contributed by atoms with Gasteiger partial charge in [-0.25, -0.2) is 13.8 Å². The van der Waals surface area contributed by atoms with E-state index in [4.69, 9.17) is 0 Å². The first kappa shape index (κ1) is 20.2. The summed E-state index contributed by atoms with van der Waals surface area (Å²) in [5.74, 6) is -1.78. The molecule has 0 spiro atoms. The van der Waals surface area contributed by atoms with Crippen molar-refractivity contribution >= 4 is 22.9 Å². The van der Waals surface area contributed by atoms with E-state index in [0.29, 0.717) is 0 Å². The van der Waals surface area contributed by atoms with E-state index in [1.165, 1.54) is 40.0 Å². The largest absolute Gasteiger partial charge is 0.385 e. The fourth-order valence-corrected chi connectivity index (χ4v) is 3.63. The molecule has 0 radical (unpaired) electrons. The number of imidazole rings is 1. The molecule has 0 bridgehead atoms. The van der Waals surface area contributed by atoms with Crippen LogP contribution in [-0.4, -0.2) is 57.1 Å². The van der Waals surface area contributed by atoms with Crippen molar-refractivity contribution in [3.05, 3.63) is 59.6 Å². The lowest BCUT2D eigenvalue weighted by Crippen LogP contribution is -2.70. The molecule has 1 amide bonds. The summed E-state index contributed by atoms with van der Waals surface area (Å²) >= 11 is 0. The molecule has 0 aliphatic carbocycles. The van der Waals surface area contributed by atoms with Crippen LogP contribution in [0.3, 0.4) is 0 Å². The van der Waals surface area contributed by atoms with Gasteiger partial charge in [0, 0.05) is 24.6 Å². The highest BCUT2D eigenvalue weighted by Crippen LogP contribution is 2.32. The smallest absolute Gasteiger partial charge is 0.257 e. The third-order valence-corrected chi connectivity index (χ3v) is 5.69. The number of hydrogen-bond donors (Lipinski definition) is 3. The fraction of sp³-hybridized carbons (Fsp3) is 0.333. The minimum Gasteiger partial charge on any atom is -0.385 e. The summed E-state index contributed by atoms with van der Waals surface area (Å²) in [5.41, 5.74) is -0.398. The van der Waals surface area contributed by atoms with Gasteiger partial charge in [-0.1, -0.05) is 6.07 Å². The number of benzene rings is 1. The Morgan fingerprint density at radius 1 is 1.33 bits per heavy atom. The monoisotopic (exact) mass is 415 g/mol. The first-order valence-corrected chi connectivity index (χ1v) is 9.61. The van der Waals surface area contributed by atoms with Gasteiger partial charge in [0.1, 0.15) is 11.4 Å². The number of likely N-dealkylation sites (N-methyl/N-ethyl adjacent to an activating group) is 1. The number of likely N-dealkylation sites (tertiary alicyclic amines) is 1. The van der Waals surface area contributed by atoms with Crippen molar-refractivity contribution in [2.75, 3.05) is 25.5 Å². The zero-order valence-corrected chi connectivity index (χ0v) is 16.9. The van der Waals surface area contributed by atoms with Crippen LogP contribution in [0.2, 0.25) is 0 Å². The third-order valence-electron chi connectivity index (χ3n) is 5.69. The van der Waals surface area contributed by atoms with Gasteiger partial charge < -0.3 is 25.0 Å². The number of halogens is 2. The summed E-state index contributed by atoms with van der Waals surface area (Å²) in [6.45, 7) is 3.79. The zero-order valence-electron chi connectivity index (χ0n) is 16.9. The van der Waals surface area contributed by atoms with Crippen molar-refractivity contribution in [3.63, 3.8) is 0 Å². The van der Waals surface area contributed by atoms with Crippen LogP contribution in [0.15, 0.2) is 36.8 Å². The standard InChI is InChI=1S/C21H23F2N5O2/c1-12-4-5-16(15(22)8-12)26-18-14(9-27-7-6-25-19(27)17(18)23)20(29)28-10-21(30,11-28)13(2)24-3/h4-9,13,24,26,30H,10-11H2,1-3H3. The molecule has 1 aromatic carbocycles. The van der Waals surface area contributed by atoms with Crippen LogP contribution in [0.25, 0.3) is 5.65 Å². The quantitative estimate of drug-likeness (QED) is 0.597. The van der Waals surface area contributed by atoms with E-state index in [2.05, 4.69) is 15.6 Å². The van der Waals surface area contributed by atoms with Gasteiger partial charge in [-0.3, -0.25) is 4.79 Å². The van der Waals surface area contributed by atoms with Gasteiger partial charge in [0.25, 0.3) is 5.91 Å². The van der Waals surface area contributed by atoms with Gasteiger partial charge in [0.2, 0.25) is 0 Å². The van der Waals surface area contributed by atoms with Crippen LogP contribution in [0.5, 0.6) is 0 Å². The Kier molecular flexibility index (Phi) is 4.95. The Bertz CT molecular complexity index is 1120. The number of aromatic nitrogens is 2. The molecular formula is C21H23F2N5O2. The van der Waals surface area contributed by atoms with E-state index in [9.17, 15) is 14.3 Å². The van der Waals surface area contributed by atoms with Crippen LogP contribution in [0, 0.1) is 18.6 Å². The number of nitrogens with one attached hydrogen (secondary N) is 2. The number of anilines is 2. The zero-order chi connectivity index (χ0) is 21.6. The summed E-state index contributed by atoms with van der Waals surface area (Å²) in [7, 11) is 1.73. The molecule has 1 aliphatic rings. The Balaban J connectivity index is 1.72. The number of carbonyl (C=O) groups is 1. The first-order valence-electron chi connectivity index (χ1n) is 9.61. The van der Waals surface area contributed by atoms with Crippen LogP contribution in [0.1, 0.15) is 22.8 Å². The van der Waals surface area contributed by atoms with Gasteiger partial charge in [0.05, 0.1) is 30.0 Å². The highest BCUT2D eigenvalue weighted by molar-refractivity contribution is 6.01. The summed E-state index contributed by atoms with van der Waals surface area (Å²) in [4.78, 5) is 18.6. The van der Waals surface area contributed by atoms with Gasteiger partial charge in [0.15, 0.2) is 11.5 Å². The lowest BCUT2D eigenvalue weighted by Gasteiger charge is -2.49. The first-order chi connectivity index (χ1) is 14.2. The second kappa shape index (κ2) is 7.33. The topological polar surface area (TPSA) is 81.9 Å². The Morgan fingerprint density at radius 2 is 2.07 bits per heavy atom. The Labute approximate surface area is 172 Å². The summed E-state index contributed by atoms with van der Waals surface area (Å²) in [5, 5.41) is 16.3. The van der Waals surface area contributed by atoms with E-state index in [0.717, 1.165) is 5.56 Å². The SMILES string of the molecule is CNC(C)C1(O)CN(C(=O)c2cn3ccnc3c(F)c2Nc2ccc(C)cc2F)C1. The maximum Gasteiger partial charge on any atom is 0.257 e. The van der Waals surface area contributed by atoms with Gasteiger partial charge >= 0.3 is 0 Å². The number of hydrogen-bond acceptors (Lipinski definition) is 5. The second-order valence-corrected chi connectivity index (χ2v) is 7.77. The molecule has 1 unspecified atom stereocenters. The average molecular weight is 415 g/mol. The maximum atomic E-state index is 15.2. The lowest BCUT2D eigenvalue weighted by atomic mass is 9.86. The van der Waals surface area contributed by atoms with Crippen molar-refractivity contribution in [2.24, 2.45) is 0 Å². The predicted octanol–water partition coefficient (Wildman–Crippen LogP) is 2.46. The second-order valence-electron chi connectivity index (χ2n) is 7.77. The number of amides is 1. The molecule has 158 valence electrons. The van der Waals surface area contributed by atoms with Crippen molar-refractivity contribution in [1.82, 2.24) is 19.6 Å². The number of carbonyl (C=O) groups excluding carboxylic acids is 1. The highest BCUT2D eigenvalue weighted by atomic mass is 19.1. The lowest BCUT2D eigenvalue weighted by molar-refractivity contribution is -0.0990. The summed E-state index contributed by atoms with van der Waals surface area (Å²) in [6, 6.07) is 4.29. The van der Waals surface area contributed by atoms with Crippen molar-refractivity contribution in [2.45, 2.75) is 25.5 Å². The minimum atomic E-state index is -1.06. The molecule has 1 aliphatic heterocycles. The van der Waals surface area contributed by atoms with Gasteiger partial charge in [-0.15, -0.1) is 0 Å².